The lowest BCUT2D eigenvalue weighted by molar-refractivity contribution is -0.115. The summed E-state index contributed by atoms with van der Waals surface area (Å²) in [5.74, 6) is -0.131. The molecule has 0 bridgehead atoms. The summed E-state index contributed by atoms with van der Waals surface area (Å²) in [6.07, 6.45) is 0. The lowest BCUT2D eigenvalue weighted by atomic mass is 10.1. The third-order valence-corrected chi connectivity index (χ3v) is 6.20. The molecule has 3 rings (SSSR count). The molecule has 3 aromatic rings. The van der Waals surface area contributed by atoms with E-state index in [1.165, 1.54) is 34.2 Å². The minimum atomic E-state index is -0.336. The number of carbonyl (C=O) groups is 1. The van der Waals surface area contributed by atoms with E-state index in [0.29, 0.717) is 16.4 Å². The normalized spacial score (nSPS) is 11.5. The number of aromatic nitrogens is 2. The van der Waals surface area contributed by atoms with Gasteiger partial charge in [0.25, 0.3) is 0 Å². The quantitative estimate of drug-likeness (QED) is 0.563. The Hall–Kier alpha value is -2.89. The van der Waals surface area contributed by atoms with Crippen LogP contribution in [0.15, 0.2) is 46.8 Å². The molecule has 8 heteroatoms. The molecule has 0 aliphatic heterocycles. The highest BCUT2D eigenvalue weighted by molar-refractivity contribution is 8.02. The highest BCUT2D eigenvalue weighted by Gasteiger charge is 2.17. The molecule has 1 atom stereocenters. The van der Waals surface area contributed by atoms with Gasteiger partial charge in [-0.2, -0.15) is 5.26 Å². The molecule has 0 radical (unpaired) electrons. The van der Waals surface area contributed by atoms with Crippen molar-refractivity contribution in [3.8, 4) is 6.07 Å². The second-order valence-electron chi connectivity index (χ2n) is 6.18. The van der Waals surface area contributed by atoms with Crippen molar-refractivity contribution in [1.29, 1.82) is 5.26 Å². The molecular weight excluding hydrogens is 390 g/mol. The fourth-order valence-electron chi connectivity index (χ4n) is 2.39. The van der Waals surface area contributed by atoms with Gasteiger partial charge in [0.2, 0.25) is 11.0 Å². The van der Waals surface area contributed by atoms with Crippen molar-refractivity contribution in [2.45, 2.75) is 30.4 Å². The predicted octanol–water partition coefficient (Wildman–Crippen LogP) is 4.89. The predicted molar refractivity (Wildman–Crippen MR) is 114 cm³/mol. The van der Waals surface area contributed by atoms with Gasteiger partial charge < -0.3 is 10.6 Å². The molecule has 1 unspecified atom stereocenters. The van der Waals surface area contributed by atoms with Gasteiger partial charge in [0.15, 0.2) is 4.34 Å². The molecular formula is C20H19N5OS2. The Morgan fingerprint density at radius 2 is 1.93 bits per heavy atom. The third-order valence-electron chi connectivity index (χ3n) is 4.18. The number of thioether (sulfide) groups is 1. The number of nitriles is 1. The Kier molecular flexibility index (Phi) is 6.29. The average molecular weight is 410 g/mol. The maximum Gasteiger partial charge on any atom is 0.237 e. The topological polar surface area (TPSA) is 90.7 Å². The van der Waals surface area contributed by atoms with Crippen LogP contribution >= 0.6 is 23.1 Å². The van der Waals surface area contributed by atoms with E-state index in [9.17, 15) is 4.79 Å². The molecule has 142 valence electrons. The second-order valence-corrected chi connectivity index (χ2v) is 8.75. The van der Waals surface area contributed by atoms with Crippen LogP contribution in [-0.2, 0) is 4.79 Å². The van der Waals surface area contributed by atoms with Gasteiger partial charge >= 0.3 is 0 Å². The summed E-state index contributed by atoms with van der Waals surface area (Å²) in [5, 5.41) is 23.7. The summed E-state index contributed by atoms with van der Waals surface area (Å²) in [5.41, 5.74) is 4.59. The van der Waals surface area contributed by atoms with E-state index in [4.69, 9.17) is 5.26 Å². The van der Waals surface area contributed by atoms with E-state index >= 15 is 0 Å². The van der Waals surface area contributed by atoms with Gasteiger partial charge in [0.05, 0.1) is 16.9 Å². The fraction of sp³-hybridized carbons (Fsp3) is 0.200. The van der Waals surface area contributed by atoms with Crippen molar-refractivity contribution in [3.05, 3.63) is 59.2 Å². The number of anilines is 3. The molecule has 0 fully saturated rings. The maximum atomic E-state index is 12.4. The van der Waals surface area contributed by atoms with Crippen molar-refractivity contribution >= 4 is 45.5 Å². The van der Waals surface area contributed by atoms with E-state index in [2.05, 4.69) is 46.8 Å². The van der Waals surface area contributed by atoms with Gasteiger partial charge in [0.1, 0.15) is 0 Å². The van der Waals surface area contributed by atoms with Crippen molar-refractivity contribution in [2.75, 3.05) is 10.6 Å². The van der Waals surface area contributed by atoms with Gasteiger partial charge in [-0.05, 0) is 62.2 Å². The first kappa shape index (κ1) is 19.9. The van der Waals surface area contributed by atoms with Crippen molar-refractivity contribution in [2.24, 2.45) is 0 Å². The number of nitrogens with zero attached hydrogens (tertiary/aromatic N) is 3. The van der Waals surface area contributed by atoms with E-state index in [-0.39, 0.29) is 11.2 Å². The maximum absolute atomic E-state index is 12.4. The highest BCUT2D eigenvalue weighted by Crippen LogP contribution is 2.32. The molecule has 0 saturated heterocycles. The summed E-state index contributed by atoms with van der Waals surface area (Å²) >= 11 is 2.77. The molecule has 6 nitrogen and oxygen atoms in total. The molecule has 1 amide bonds. The van der Waals surface area contributed by atoms with Crippen LogP contribution in [-0.4, -0.2) is 21.4 Å². The largest absolute Gasteiger partial charge is 0.330 e. The van der Waals surface area contributed by atoms with Crippen molar-refractivity contribution < 1.29 is 4.79 Å². The van der Waals surface area contributed by atoms with Gasteiger partial charge in [-0.1, -0.05) is 35.2 Å². The smallest absolute Gasteiger partial charge is 0.237 e. The number of carbonyl (C=O) groups excluding carboxylic acids is 1. The average Bonchev–Trinajstić information content (AvgIpc) is 3.13. The molecule has 28 heavy (non-hydrogen) atoms. The number of nitrogens with one attached hydrogen (secondary N) is 2. The summed E-state index contributed by atoms with van der Waals surface area (Å²) in [6.45, 7) is 5.95. The minimum Gasteiger partial charge on any atom is -0.330 e. The van der Waals surface area contributed by atoms with Crippen LogP contribution in [0.4, 0.5) is 16.5 Å². The zero-order valence-electron chi connectivity index (χ0n) is 15.7. The van der Waals surface area contributed by atoms with E-state index in [0.717, 1.165) is 10.0 Å². The summed E-state index contributed by atoms with van der Waals surface area (Å²) in [7, 11) is 0. The number of amides is 1. The van der Waals surface area contributed by atoms with E-state index < -0.39 is 0 Å². The first-order valence-electron chi connectivity index (χ1n) is 8.60. The Bertz CT molecular complexity index is 1020. The lowest BCUT2D eigenvalue weighted by Crippen LogP contribution is -2.22. The number of hydrogen-bond acceptors (Lipinski definition) is 7. The van der Waals surface area contributed by atoms with Crippen LogP contribution in [0.5, 0.6) is 0 Å². The number of aryl methyl sites for hydroxylation is 1. The van der Waals surface area contributed by atoms with Gasteiger partial charge in [-0.25, -0.2) is 0 Å². The summed E-state index contributed by atoms with van der Waals surface area (Å²) < 4.78 is 0.718. The van der Waals surface area contributed by atoms with Crippen LogP contribution in [0.25, 0.3) is 0 Å². The Labute approximate surface area is 172 Å². The molecule has 0 aliphatic rings. The molecule has 2 aromatic carbocycles. The molecule has 1 heterocycles. The van der Waals surface area contributed by atoms with Crippen LogP contribution in [0.1, 0.15) is 23.6 Å². The molecule has 2 N–H and O–H groups in total. The number of rotatable bonds is 6. The zero-order chi connectivity index (χ0) is 20.1. The highest BCUT2D eigenvalue weighted by atomic mass is 32.2. The standard InChI is InChI=1S/C20H19N5OS2/c1-12-5-4-6-17(13(12)2)23-19-24-25-20(28-19)27-14(3)18(26)22-16-9-7-15(11-21)8-10-16/h4-10,14H,1-3H3,(H,22,26)(H,23,24). The SMILES string of the molecule is Cc1cccc(Nc2nnc(SC(C)C(=O)Nc3ccc(C#N)cc3)s2)c1C. The summed E-state index contributed by atoms with van der Waals surface area (Å²) in [6, 6.07) is 14.9. The Morgan fingerprint density at radius 1 is 1.18 bits per heavy atom. The summed E-state index contributed by atoms with van der Waals surface area (Å²) in [4.78, 5) is 12.4. The van der Waals surface area contributed by atoms with Crippen LogP contribution in [0, 0.1) is 25.2 Å². The molecule has 0 spiro atoms. The van der Waals surface area contributed by atoms with E-state index in [1.54, 1.807) is 24.3 Å². The second kappa shape index (κ2) is 8.87. The Balaban J connectivity index is 1.59. The fourth-order valence-corrected chi connectivity index (χ4v) is 4.29. The molecule has 0 aliphatic carbocycles. The van der Waals surface area contributed by atoms with Crippen molar-refractivity contribution in [1.82, 2.24) is 10.2 Å². The first-order valence-corrected chi connectivity index (χ1v) is 10.3. The van der Waals surface area contributed by atoms with Crippen molar-refractivity contribution in [3.63, 3.8) is 0 Å². The van der Waals surface area contributed by atoms with E-state index in [1.807, 2.05) is 19.1 Å². The number of hydrogen-bond donors (Lipinski definition) is 2. The van der Waals surface area contributed by atoms with Crippen LogP contribution < -0.4 is 10.6 Å². The number of benzene rings is 2. The van der Waals surface area contributed by atoms with Crippen LogP contribution in [0.3, 0.4) is 0 Å². The van der Waals surface area contributed by atoms with Gasteiger partial charge in [-0.15, -0.1) is 10.2 Å². The van der Waals surface area contributed by atoms with Crippen LogP contribution in [0.2, 0.25) is 0 Å². The lowest BCUT2D eigenvalue weighted by Gasteiger charge is -2.10. The Morgan fingerprint density at radius 3 is 2.64 bits per heavy atom. The molecule has 0 saturated carbocycles. The zero-order valence-corrected chi connectivity index (χ0v) is 17.3. The monoisotopic (exact) mass is 409 g/mol. The third kappa shape index (κ3) is 4.88. The first-order chi connectivity index (χ1) is 13.5. The molecule has 1 aromatic heterocycles. The van der Waals surface area contributed by atoms with Gasteiger partial charge in [-0.3, -0.25) is 4.79 Å². The minimum absolute atomic E-state index is 0.131. The van der Waals surface area contributed by atoms with Gasteiger partial charge in [0, 0.05) is 11.4 Å².